The van der Waals surface area contributed by atoms with Crippen LogP contribution in [0.3, 0.4) is 0 Å². The Bertz CT molecular complexity index is 714. The third kappa shape index (κ3) is 9.02. The molecule has 1 aromatic heterocycles. The van der Waals surface area contributed by atoms with E-state index in [0.29, 0.717) is 25.0 Å². The molecule has 1 aliphatic carbocycles. The minimum absolute atomic E-state index is 0.311. The molecule has 0 atom stereocenters. The number of carbonyl (C=O) groups excluding carboxylic acids is 1. The number of pyridine rings is 1. The van der Waals surface area contributed by atoms with Gasteiger partial charge < -0.3 is 25.0 Å². The molecule has 2 rings (SSSR count). The SMILES string of the molecule is CN=C(NCCCN(Cc1cccnc1)C(=O)OC(C)(C)C)NCC1(CCOC)CCC1. The molecule has 1 aliphatic rings. The van der Waals surface area contributed by atoms with E-state index < -0.39 is 5.60 Å². The summed E-state index contributed by atoms with van der Waals surface area (Å²) in [5.74, 6) is 0.796. The number of ether oxygens (including phenoxy) is 2. The first-order chi connectivity index (χ1) is 15.3. The molecule has 1 aromatic rings. The van der Waals surface area contributed by atoms with E-state index in [2.05, 4.69) is 20.6 Å². The molecule has 32 heavy (non-hydrogen) atoms. The topological polar surface area (TPSA) is 88.1 Å². The molecule has 1 saturated carbocycles. The van der Waals surface area contributed by atoms with E-state index in [1.54, 1.807) is 31.5 Å². The number of methoxy groups -OCH3 is 1. The van der Waals surface area contributed by atoms with Crippen LogP contribution >= 0.6 is 0 Å². The van der Waals surface area contributed by atoms with Crippen molar-refractivity contribution in [3.8, 4) is 0 Å². The van der Waals surface area contributed by atoms with Gasteiger partial charge in [0.2, 0.25) is 0 Å². The summed E-state index contributed by atoms with van der Waals surface area (Å²) in [5.41, 5.74) is 0.769. The average Bonchev–Trinajstić information content (AvgIpc) is 2.72. The van der Waals surface area contributed by atoms with Crippen LogP contribution in [-0.4, -0.2) is 67.9 Å². The van der Waals surface area contributed by atoms with Crippen molar-refractivity contribution in [1.82, 2.24) is 20.5 Å². The Balaban J connectivity index is 1.81. The summed E-state index contributed by atoms with van der Waals surface area (Å²) in [4.78, 5) is 22.9. The molecule has 2 N–H and O–H groups in total. The van der Waals surface area contributed by atoms with Crippen LogP contribution in [0.1, 0.15) is 58.4 Å². The Morgan fingerprint density at radius 1 is 1.31 bits per heavy atom. The second kappa shape index (κ2) is 12.6. The largest absolute Gasteiger partial charge is 0.444 e. The van der Waals surface area contributed by atoms with Crippen molar-refractivity contribution in [3.63, 3.8) is 0 Å². The van der Waals surface area contributed by atoms with Crippen LogP contribution in [0, 0.1) is 5.41 Å². The zero-order valence-corrected chi connectivity index (χ0v) is 20.4. The Hall–Kier alpha value is -2.35. The van der Waals surface area contributed by atoms with Gasteiger partial charge in [0, 0.05) is 52.8 Å². The van der Waals surface area contributed by atoms with E-state index in [9.17, 15) is 4.79 Å². The molecule has 0 bridgehead atoms. The minimum atomic E-state index is -0.533. The summed E-state index contributed by atoms with van der Waals surface area (Å²) in [5, 5.41) is 6.84. The first-order valence-corrected chi connectivity index (χ1v) is 11.6. The fraction of sp³-hybridized carbons (Fsp3) is 0.708. The van der Waals surface area contributed by atoms with Gasteiger partial charge in [0.15, 0.2) is 5.96 Å². The molecule has 0 radical (unpaired) electrons. The maximum absolute atomic E-state index is 12.7. The Morgan fingerprint density at radius 2 is 2.09 bits per heavy atom. The molecule has 1 fully saturated rings. The molecule has 1 amide bonds. The summed E-state index contributed by atoms with van der Waals surface area (Å²) >= 11 is 0. The van der Waals surface area contributed by atoms with Gasteiger partial charge in [-0.1, -0.05) is 12.5 Å². The first-order valence-electron chi connectivity index (χ1n) is 11.6. The molecule has 1 heterocycles. The molecule has 0 saturated heterocycles. The second-order valence-electron chi connectivity index (χ2n) is 9.57. The van der Waals surface area contributed by atoms with Gasteiger partial charge in [-0.05, 0) is 63.5 Å². The number of aromatic nitrogens is 1. The van der Waals surface area contributed by atoms with Crippen LogP contribution in [0.5, 0.6) is 0 Å². The minimum Gasteiger partial charge on any atom is -0.444 e. The fourth-order valence-electron chi connectivity index (χ4n) is 3.75. The summed E-state index contributed by atoms with van der Waals surface area (Å²) < 4.78 is 10.9. The van der Waals surface area contributed by atoms with Crippen molar-refractivity contribution in [2.24, 2.45) is 10.4 Å². The smallest absolute Gasteiger partial charge is 0.410 e. The van der Waals surface area contributed by atoms with Crippen molar-refractivity contribution in [2.75, 3.05) is 40.4 Å². The van der Waals surface area contributed by atoms with Gasteiger partial charge >= 0.3 is 6.09 Å². The summed E-state index contributed by atoms with van der Waals surface area (Å²) in [7, 11) is 3.54. The molecule has 0 aromatic carbocycles. The van der Waals surface area contributed by atoms with Crippen LogP contribution in [0.4, 0.5) is 4.79 Å². The highest BCUT2D eigenvalue weighted by Crippen LogP contribution is 2.43. The van der Waals surface area contributed by atoms with Gasteiger partial charge in [0.1, 0.15) is 5.60 Å². The fourth-order valence-corrected chi connectivity index (χ4v) is 3.75. The van der Waals surface area contributed by atoms with E-state index >= 15 is 0 Å². The Kier molecular flexibility index (Phi) is 10.2. The number of amides is 1. The highest BCUT2D eigenvalue weighted by Gasteiger charge is 2.36. The van der Waals surface area contributed by atoms with Gasteiger partial charge in [0.25, 0.3) is 0 Å². The van der Waals surface area contributed by atoms with Crippen LogP contribution in [0.15, 0.2) is 29.5 Å². The molecular weight excluding hydrogens is 406 g/mol. The summed E-state index contributed by atoms with van der Waals surface area (Å²) in [6.07, 6.45) is 8.80. The predicted octanol–water partition coefficient (Wildman–Crippen LogP) is 3.58. The summed E-state index contributed by atoms with van der Waals surface area (Å²) in [6, 6.07) is 3.84. The van der Waals surface area contributed by atoms with Crippen molar-refractivity contribution < 1.29 is 14.3 Å². The average molecular weight is 448 g/mol. The number of rotatable bonds is 11. The van der Waals surface area contributed by atoms with Crippen molar-refractivity contribution in [3.05, 3.63) is 30.1 Å². The normalized spacial score (nSPS) is 15.6. The van der Waals surface area contributed by atoms with Gasteiger partial charge in [-0.15, -0.1) is 0 Å². The third-order valence-corrected chi connectivity index (χ3v) is 5.75. The van der Waals surface area contributed by atoms with Gasteiger partial charge in [-0.3, -0.25) is 9.98 Å². The Labute approximate surface area is 193 Å². The lowest BCUT2D eigenvalue weighted by atomic mass is 9.67. The molecule has 0 spiro atoms. The summed E-state index contributed by atoms with van der Waals surface area (Å²) in [6.45, 7) is 9.09. The third-order valence-electron chi connectivity index (χ3n) is 5.75. The van der Waals surface area contributed by atoms with E-state index in [-0.39, 0.29) is 6.09 Å². The molecule has 8 heteroatoms. The lowest BCUT2D eigenvalue weighted by Gasteiger charge is -2.42. The van der Waals surface area contributed by atoms with Crippen molar-refractivity contribution in [2.45, 2.75) is 65.0 Å². The number of carbonyl (C=O) groups is 1. The van der Waals surface area contributed by atoms with E-state index in [0.717, 1.165) is 37.5 Å². The van der Waals surface area contributed by atoms with Crippen molar-refractivity contribution >= 4 is 12.1 Å². The Morgan fingerprint density at radius 3 is 2.66 bits per heavy atom. The van der Waals surface area contributed by atoms with Crippen LogP contribution in [-0.2, 0) is 16.0 Å². The van der Waals surface area contributed by atoms with E-state index in [1.165, 1.54) is 19.3 Å². The maximum atomic E-state index is 12.7. The van der Waals surface area contributed by atoms with Gasteiger partial charge in [-0.25, -0.2) is 4.79 Å². The highest BCUT2D eigenvalue weighted by molar-refractivity contribution is 5.79. The lowest BCUT2D eigenvalue weighted by molar-refractivity contribution is 0.0232. The first kappa shape index (κ1) is 25.9. The lowest BCUT2D eigenvalue weighted by Crippen LogP contribution is -2.47. The quantitative estimate of drug-likeness (QED) is 0.306. The van der Waals surface area contributed by atoms with Gasteiger partial charge in [0.05, 0.1) is 6.54 Å². The van der Waals surface area contributed by atoms with Crippen LogP contribution in [0.25, 0.3) is 0 Å². The standard InChI is InChI=1S/C24H41N5O3/c1-23(2,3)32-22(30)29(18-20-9-6-13-26-17-20)15-8-14-27-21(25-4)28-19-24(10-7-11-24)12-16-31-5/h6,9,13,17H,7-8,10-12,14-16,18-19H2,1-5H3,(H2,25,27,28). The van der Waals surface area contributed by atoms with Crippen LogP contribution < -0.4 is 10.6 Å². The molecule has 0 unspecified atom stereocenters. The maximum Gasteiger partial charge on any atom is 0.410 e. The van der Waals surface area contributed by atoms with E-state index in [4.69, 9.17) is 9.47 Å². The second-order valence-corrected chi connectivity index (χ2v) is 9.57. The van der Waals surface area contributed by atoms with Gasteiger partial charge in [-0.2, -0.15) is 0 Å². The molecule has 8 nitrogen and oxygen atoms in total. The zero-order valence-electron chi connectivity index (χ0n) is 20.4. The number of hydrogen-bond donors (Lipinski definition) is 2. The number of nitrogens with zero attached hydrogens (tertiary/aromatic N) is 3. The number of guanidine groups is 1. The number of nitrogens with one attached hydrogen (secondary N) is 2. The molecule has 0 aliphatic heterocycles. The van der Waals surface area contributed by atoms with Crippen LogP contribution in [0.2, 0.25) is 0 Å². The van der Waals surface area contributed by atoms with E-state index in [1.807, 2.05) is 32.9 Å². The predicted molar refractivity (Wildman–Crippen MR) is 128 cm³/mol. The molecular formula is C24H41N5O3. The molecule has 180 valence electrons. The zero-order chi connectivity index (χ0) is 23.5. The monoisotopic (exact) mass is 447 g/mol. The number of hydrogen-bond acceptors (Lipinski definition) is 5. The van der Waals surface area contributed by atoms with Crippen molar-refractivity contribution in [1.29, 1.82) is 0 Å². The highest BCUT2D eigenvalue weighted by atomic mass is 16.6. The number of aliphatic imine (C=N–C) groups is 1.